The van der Waals surface area contributed by atoms with Crippen LogP contribution in [0.5, 0.6) is 0 Å². The monoisotopic (exact) mass is 226 g/mol. The van der Waals surface area contributed by atoms with E-state index in [9.17, 15) is 0 Å². The van der Waals surface area contributed by atoms with Gasteiger partial charge in [0, 0.05) is 12.1 Å². The summed E-state index contributed by atoms with van der Waals surface area (Å²) in [7, 11) is 0. The van der Waals surface area contributed by atoms with Crippen molar-refractivity contribution < 1.29 is 0 Å². The lowest BCUT2D eigenvalue weighted by molar-refractivity contribution is 0.359. The van der Waals surface area contributed by atoms with Crippen LogP contribution >= 0.6 is 0 Å². The van der Waals surface area contributed by atoms with Crippen LogP contribution in [0.15, 0.2) is 0 Å². The van der Waals surface area contributed by atoms with Crippen molar-refractivity contribution >= 4 is 0 Å². The average Bonchev–Trinajstić information content (AvgIpc) is 2.55. The van der Waals surface area contributed by atoms with Crippen molar-refractivity contribution in [2.75, 3.05) is 13.1 Å². The average molecular weight is 226 g/mol. The Labute approximate surface area is 102 Å². The zero-order chi connectivity index (χ0) is 11.6. The topological polar surface area (TPSA) is 24.1 Å². The van der Waals surface area contributed by atoms with Crippen molar-refractivity contribution in [2.45, 2.75) is 77.3 Å². The first-order valence-corrected chi connectivity index (χ1v) is 7.33. The van der Waals surface area contributed by atoms with Crippen LogP contribution in [0.3, 0.4) is 0 Å². The molecule has 0 spiro atoms. The molecule has 16 heavy (non-hydrogen) atoms. The van der Waals surface area contributed by atoms with E-state index in [1.54, 1.807) is 0 Å². The number of rotatable bonds is 7. The minimum Gasteiger partial charge on any atom is -0.317 e. The molecule has 1 aliphatic heterocycles. The molecule has 0 aromatic rings. The zero-order valence-electron chi connectivity index (χ0n) is 11.2. The zero-order valence-corrected chi connectivity index (χ0v) is 11.2. The van der Waals surface area contributed by atoms with E-state index >= 15 is 0 Å². The first-order chi connectivity index (χ1) is 7.86. The number of unbranched alkanes of at least 4 members (excludes halogenated alkanes) is 1. The molecule has 0 aromatic carbocycles. The van der Waals surface area contributed by atoms with Gasteiger partial charge in [-0.25, -0.2) is 0 Å². The largest absolute Gasteiger partial charge is 0.317 e. The molecule has 1 rings (SSSR count). The van der Waals surface area contributed by atoms with Gasteiger partial charge in [0.05, 0.1) is 0 Å². The molecule has 2 atom stereocenters. The van der Waals surface area contributed by atoms with E-state index in [1.807, 2.05) is 0 Å². The second-order valence-electron chi connectivity index (χ2n) is 5.17. The first-order valence-electron chi connectivity index (χ1n) is 7.33. The Balaban J connectivity index is 2.27. The van der Waals surface area contributed by atoms with Gasteiger partial charge in [-0.1, -0.05) is 33.1 Å². The fraction of sp³-hybridized carbons (Fsp3) is 1.00. The second kappa shape index (κ2) is 9.00. The molecule has 0 saturated carbocycles. The Kier molecular flexibility index (Phi) is 7.87. The van der Waals surface area contributed by atoms with E-state index in [-0.39, 0.29) is 0 Å². The van der Waals surface area contributed by atoms with Crippen LogP contribution in [0.1, 0.15) is 65.2 Å². The van der Waals surface area contributed by atoms with Gasteiger partial charge < -0.3 is 10.6 Å². The Hall–Kier alpha value is -0.0800. The molecule has 1 fully saturated rings. The maximum atomic E-state index is 3.89. The lowest BCUT2D eigenvalue weighted by Crippen LogP contribution is -2.38. The molecule has 1 saturated heterocycles. The van der Waals surface area contributed by atoms with E-state index in [0.717, 1.165) is 12.1 Å². The van der Waals surface area contributed by atoms with Crippen molar-refractivity contribution in [2.24, 2.45) is 0 Å². The van der Waals surface area contributed by atoms with E-state index in [1.165, 1.54) is 64.5 Å². The van der Waals surface area contributed by atoms with Crippen LogP contribution < -0.4 is 10.6 Å². The quantitative estimate of drug-likeness (QED) is 0.697. The molecule has 0 aliphatic carbocycles. The maximum Gasteiger partial charge on any atom is 0.00822 e. The standard InChI is InChI=1S/C14H30N2/c1-3-5-8-13(7-4-2)16-14-9-6-11-15-12-10-14/h13-16H,3-12H2,1-2H3. The smallest absolute Gasteiger partial charge is 0.00822 e. The lowest BCUT2D eigenvalue weighted by atomic mass is 10.0. The van der Waals surface area contributed by atoms with E-state index in [2.05, 4.69) is 24.5 Å². The summed E-state index contributed by atoms with van der Waals surface area (Å²) in [6, 6.07) is 1.54. The SMILES string of the molecule is CCCCC(CCC)NC1CCCNCC1. The summed E-state index contributed by atoms with van der Waals surface area (Å²) in [6.45, 7) is 7.00. The summed E-state index contributed by atoms with van der Waals surface area (Å²) in [4.78, 5) is 0. The fourth-order valence-electron chi connectivity index (χ4n) is 2.63. The van der Waals surface area contributed by atoms with E-state index in [0.29, 0.717) is 0 Å². The van der Waals surface area contributed by atoms with Crippen LogP contribution in [0.25, 0.3) is 0 Å². The Morgan fingerprint density at radius 1 is 1.12 bits per heavy atom. The maximum absolute atomic E-state index is 3.89. The number of hydrogen-bond acceptors (Lipinski definition) is 2. The van der Waals surface area contributed by atoms with Gasteiger partial charge in [-0.2, -0.15) is 0 Å². The molecule has 0 bridgehead atoms. The summed E-state index contributed by atoms with van der Waals surface area (Å²) < 4.78 is 0. The van der Waals surface area contributed by atoms with Gasteiger partial charge in [0.25, 0.3) is 0 Å². The highest BCUT2D eigenvalue weighted by Crippen LogP contribution is 2.12. The first kappa shape index (κ1) is 14.0. The minimum absolute atomic E-state index is 0.767. The molecular formula is C14H30N2. The van der Waals surface area contributed by atoms with Crippen molar-refractivity contribution in [3.8, 4) is 0 Å². The van der Waals surface area contributed by atoms with Crippen LogP contribution in [0.2, 0.25) is 0 Å². The molecule has 2 nitrogen and oxygen atoms in total. The van der Waals surface area contributed by atoms with E-state index in [4.69, 9.17) is 0 Å². The molecule has 2 heteroatoms. The molecular weight excluding hydrogens is 196 g/mol. The summed E-state index contributed by atoms with van der Waals surface area (Å²) in [5.74, 6) is 0. The lowest BCUT2D eigenvalue weighted by Gasteiger charge is -2.24. The summed E-state index contributed by atoms with van der Waals surface area (Å²) in [5.41, 5.74) is 0. The van der Waals surface area contributed by atoms with Crippen LogP contribution in [-0.4, -0.2) is 25.2 Å². The molecule has 0 aromatic heterocycles. The number of hydrogen-bond donors (Lipinski definition) is 2. The Morgan fingerprint density at radius 2 is 2.00 bits per heavy atom. The van der Waals surface area contributed by atoms with Gasteiger partial charge in [-0.3, -0.25) is 0 Å². The highest BCUT2D eigenvalue weighted by molar-refractivity contribution is 4.77. The summed E-state index contributed by atoms with van der Waals surface area (Å²) in [6.07, 6.45) is 10.7. The van der Waals surface area contributed by atoms with Crippen molar-refractivity contribution in [3.63, 3.8) is 0 Å². The molecule has 2 unspecified atom stereocenters. The van der Waals surface area contributed by atoms with Gasteiger partial charge in [-0.15, -0.1) is 0 Å². The highest BCUT2D eigenvalue weighted by Gasteiger charge is 2.15. The van der Waals surface area contributed by atoms with Crippen molar-refractivity contribution in [3.05, 3.63) is 0 Å². The summed E-state index contributed by atoms with van der Waals surface area (Å²) in [5, 5.41) is 7.38. The molecule has 0 radical (unpaired) electrons. The molecule has 2 N–H and O–H groups in total. The van der Waals surface area contributed by atoms with Gasteiger partial charge in [-0.05, 0) is 45.2 Å². The van der Waals surface area contributed by atoms with E-state index < -0.39 is 0 Å². The molecule has 1 aliphatic rings. The fourth-order valence-corrected chi connectivity index (χ4v) is 2.63. The Morgan fingerprint density at radius 3 is 2.75 bits per heavy atom. The predicted molar refractivity (Wildman–Crippen MR) is 71.9 cm³/mol. The second-order valence-corrected chi connectivity index (χ2v) is 5.17. The van der Waals surface area contributed by atoms with Gasteiger partial charge in [0.1, 0.15) is 0 Å². The van der Waals surface area contributed by atoms with Crippen molar-refractivity contribution in [1.82, 2.24) is 10.6 Å². The third-order valence-electron chi connectivity index (χ3n) is 3.59. The Bertz CT molecular complexity index is 151. The normalized spacial score (nSPS) is 24.0. The molecule has 0 amide bonds. The highest BCUT2D eigenvalue weighted by atomic mass is 15.0. The molecule has 1 heterocycles. The minimum atomic E-state index is 0.767. The molecule has 96 valence electrons. The third-order valence-corrected chi connectivity index (χ3v) is 3.59. The summed E-state index contributed by atoms with van der Waals surface area (Å²) >= 11 is 0. The van der Waals surface area contributed by atoms with Gasteiger partial charge >= 0.3 is 0 Å². The predicted octanol–water partition coefficient (Wildman–Crippen LogP) is 3.08. The van der Waals surface area contributed by atoms with Crippen LogP contribution in [-0.2, 0) is 0 Å². The third kappa shape index (κ3) is 5.86. The van der Waals surface area contributed by atoms with Crippen LogP contribution in [0.4, 0.5) is 0 Å². The number of nitrogens with one attached hydrogen (secondary N) is 2. The van der Waals surface area contributed by atoms with Gasteiger partial charge in [0.15, 0.2) is 0 Å². The van der Waals surface area contributed by atoms with Gasteiger partial charge in [0.2, 0.25) is 0 Å². The van der Waals surface area contributed by atoms with Crippen molar-refractivity contribution in [1.29, 1.82) is 0 Å². The van der Waals surface area contributed by atoms with Crippen LogP contribution in [0, 0.1) is 0 Å².